The Morgan fingerprint density at radius 2 is 1.37 bits per heavy atom. The molecule has 1 rings (SSSR count). The van der Waals surface area contributed by atoms with Gasteiger partial charge in [0, 0.05) is 30.7 Å². The summed E-state index contributed by atoms with van der Waals surface area (Å²) in [6, 6.07) is 0. The predicted octanol–water partition coefficient (Wildman–Crippen LogP) is 5.50. The molecule has 0 saturated carbocycles. The van der Waals surface area contributed by atoms with E-state index < -0.39 is 0 Å². The monoisotopic (exact) mass is 286 g/mol. The summed E-state index contributed by atoms with van der Waals surface area (Å²) < 4.78 is 1.75. The fraction of sp³-hybridized carbons (Fsp3) is 0.875. The smallest absolute Gasteiger partial charge is 0.113 e. The SMILES string of the molecule is CCCCCCCCCCCCN1C=CN(Cl)C1C. The molecule has 3 heteroatoms. The molecule has 0 aliphatic carbocycles. The minimum atomic E-state index is 0.320. The molecule has 0 aromatic heterocycles. The van der Waals surface area contributed by atoms with E-state index in [0.717, 1.165) is 6.54 Å². The fourth-order valence-electron chi connectivity index (χ4n) is 2.58. The molecule has 0 spiro atoms. The van der Waals surface area contributed by atoms with Gasteiger partial charge in [-0.1, -0.05) is 64.7 Å². The molecular formula is C16H31ClN2. The van der Waals surface area contributed by atoms with Crippen molar-refractivity contribution in [2.24, 2.45) is 0 Å². The zero-order valence-corrected chi connectivity index (χ0v) is 13.5. The molecule has 1 atom stereocenters. The van der Waals surface area contributed by atoms with Gasteiger partial charge < -0.3 is 4.90 Å². The first kappa shape index (κ1) is 16.7. The molecule has 0 N–H and O–H groups in total. The molecule has 1 aliphatic rings. The maximum Gasteiger partial charge on any atom is 0.113 e. The van der Waals surface area contributed by atoms with Crippen LogP contribution in [0.5, 0.6) is 0 Å². The van der Waals surface area contributed by atoms with Crippen LogP contribution in [0.15, 0.2) is 12.4 Å². The van der Waals surface area contributed by atoms with Crippen LogP contribution in [0.2, 0.25) is 0 Å². The average Bonchev–Trinajstić information content (AvgIpc) is 2.73. The Kier molecular flexibility index (Phi) is 9.15. The van der Waals surface area contributed by atoms with E-state index in [-0.39, 0.29) is 0 Å². The molecule has 0 saturated heterocycles. The minimum Gasteiger partial charge on any atom is -0.355 e. The molecule has 19 heavy (non-hydrogen) atoms. The van der Waals surface area contributed by atoms with Crippen LogP contribution in [-0.2, 0) is 0 Å². The molecule has 0 bridgehead atoms. The lowest BCUT2D eigenvalue weighted by molar-refractivity contribution is 0.234. The van der Waals surface area contributed by atoms with Crippen LogP contribution >= 0.6 is 11.8 Å². The zero-order valence-electron chi connectivity index (χ0n) is 12.8. The zero-order chi connectivity index (χ0) is 13.9. The van der Waals surface area contributed by atoms with Crippen molar-refractivity contribution in [2.75, 3.05) is 6.54 Å². The van der Waals surface area contributed by atoms with Gasteiger partial charge in [-0.25, -0.2) is 0 Å². The number of hydrogen-bond acceptors (Lipinski definition) is 2. The molecule has 0 amide bonds. The first-order chi connectivity index (χ1) is 9.25. The normalized spacial score (nSPS) is 18.6. The number of rotatable bonds is 11. The Hall–Kier alpha value is -0.370. The van der Waals surface area contributed by atoms with Gasteiger partial charge in [0.05, 0.1) is 0 Å². The Morgan fingerprint density at radius 1 is 0.842 bits per heavy atom. The summed E-state index contributed by atoms with van der Waals surface area (Å²) in [4.78, 5) is 2.32. The molecule has 0 radical (unpaired) electrons. The van der Waals surface area contributed by atoms with E-state index in [1.54, 1.807) is 4.42 Å². The lowest BCUT2D eigenvalue weighted by atomic mass is 10.1. The third kappa shape index (κ3) is 7.10. The van der Waals surface area contributed by atoms with Gasteiger partial charge in [0.25, 0.3) is 0 Å². The molecule has 1 unspecified atom stereocenters. The second kappa shape index (κ2) is 10.4. The van der Waals surface area contributed by atoms with Gasteiger partial charge in [-0.2, -0.15) is 0 Å². The first-order valence-corrected chi connectivity index (χ1v) is 8.47. The van der Waals surface area contributed by atoms with E-state index in [9.17, 15) is 0 Å². The Labute approximate surface area is 124 Å². The van der Waals surface area contributed by atoms with E-state index in [1.807, 2.05) is 6.20 Å². The highest BCUT2D eigenvalue weighted by molar-refractivity contribution is 6.14. The Balaban J connectivity index is 1.83. The average molecular weight is 287 g/mol. The number of nitrogens with zero attached hydrogens (tertiary/aromatic N) is 2. The lowest BCUT2D eigenvalue weighted by Gasteiger charge is -2.25. The van der Waals surface area contributed by atoms with Crippen molar-refractivity contribution in [3.8, 4) is 0 Å². The van der Waals surface area contributed by atoms with Crippen LogP contribution in [0, 0.1) is 0 Å². The molecule has 1 heterocycles. The van der Waals surface area contributed by atoms with Gasteiger partial charge in [-0.15, -0.1) is 0 Å². The number of halogens is 1. The van der Waals surface area contributed by atoms with Crippen LogP contribution in [0.3, 0.4) is 0 Å². The summed E-state index contributed by atoms with van der Waals surface area (Å²) in [7, 11) is 0. The Bertz CT molecular complexity index is 243. The summed E-state index contributed by atoms with van der Waals surface area (Å²) in [6.07, 6.45) is 18.3. The van der Waals surface area contributed by atoms with E-state index >= 15 is 0 Å². The van der Waals surface area contributed by atoms with E-state index in [0.29, 0.717) is 6.17 Å². The molecule has 0 aromatic carbocycles. The van der Waals surface area contributed by atoms with Crippen molar-refractivity contribution in [2.45, 2.75) is 84.2 Å². The molecule has 0 fully saturated rings. The third-order valence-electron chi connectivity index (χ3n) is 4.01. The maximum atomic E-state index is 6.00. The molecular weight excluding hydrogens is 256 g/mol. The summed E-state index contributed by atoms with van der Waals surface area (Å²) in [5.74, 6) is 0. The fourth-order valence-corrected chi connectivity index (χ4v) is 2.75. The van der Waals surface area contributed by atoms with Crippen molar-refractivity contribution >= 4 is 11.8 Å². The highest BCUT2D eigenvalue weighted by Crippen LogP contribution is 2.18. The Morgan fingerprint density at radius 3 is 1.84 bits per heavy atom. The summed E-state index contributed by atoms with van der Waals surface area (Å²) in [6.45, 7) is 5.56. The molecule has 112 valence electrons. The van der Waals surface area contributed by atoms with Crippen LogP contribution in [0.4, 0.5) is 0 Å². The summed E-state index contributed by atoms with van der Waals surface area (Å²) in [5.41, 5.74) is 0. The van der Waals surface area contributed by atoms with Crippen molar-refractivity contribution in [1.29, 1.82) is 0 Å². The minimum absolute atomic E-state index is 0.320. The van der Waals surface area contributed by atoms with Gasteiger partial charge in [0.2, 0.25) is 0 Å². The first-order valence-electron chi connectivity index (χ1n) is 8.14. The highest BCUT2D eigenvalue weighted by atomic mass is 35.5. The molecule has 1 aliphatic heterocycles. The highest BCUT2D eigenvalue weighted by Gasteiger charge is 2.19. The van der Waals surface area contributed by atoms with Crippen LogP contribution in [-0.4, -0.2) is 22.0 Å². The van der Waals surface area contributed by atoms with Gasteiger partial charge in [0.15, 0.2) is 0 Å². The third-order valence-corrected chi connectivity index (χ3v) is 4.40. The lowest BCUT2D eigenvalue weighted by Crippen LogP contribution is -2.31. The van der Waals surface area contributed by atoms with Crippen LogP contribution < -0.4 is 0 Å². The number of unbranched alkanes of at least 4 members (excludes halogenated alkanes) is 9. The van der Waals surface area contributed by atoms with E-state index in [1.165, 1.54) is 64.2 Å². The quantitative estimate of drug-likeness (QED) is 0.366. The van der Waals surface area contributed by atoms with Gasteiger partial charge >= 0.3 is 0 Å². The second-order valence-corrected chi connectivity index (χ2v) is 6.08. The maximum absolute atomic E-state index is 6.00. The van der Waals surface area contributed by atoms with Crippen LogP contribution in [0.1, 0.15) is 78.1 Å². The predicted molar refractivity (Wildman–Crippen MR) is 84.8 cm³/mol. The van der Waals surface area contributed by atoms with E-state index in [2.05, 4.69) is 24.9 Å². The largest absolute Gasteiger partial charge is 0.355 e. The van der Waals surface area contributed by atoms with E-state index in [4.69, 9.17) is 11.8 Å². The number of hydrogen-bond donors (Lipinski definition) is 0. The molecule has 2 nitrogen and oxygen atoms in total. The second-order valence-electron chi connectivity index (χ2n) is 5.69. The summed E-state index contributed by atoms with van der Waals surface area (Å²) in [5, 5.41) is 0. The van der Waals surface area contributed by atoms with Crippen molar-refractivity contribution in [3.63, 3.8) is 0 Å². The van der Waals surface area contributed by atoms with Crippen LogP contribution in [0.25, 0.3) is 0 Å². The molecule has 0 aromatic rings. The standard InChI is InChI=1S/C16H31ClN2/c1-3-4-5-6-7-8-9-10-11-12-13-18-14-15-19(17)16(18)2/h14-16H,3-13H2,1-2H3. The topological polar surface area (TPSA) is 6.48 Å². The van der Waals surface area contributed by atoms with Gasteiger partial charge in [-0.3, -0.25) is 4.42 Å². The van der Waals surface area contributed by atoms with Gasteiger partial charge in [-0.05, 0) is 13.3 Å². The van der Waals surface area contributed by atoms with Crippen molar-refractivity contribution < 1.29 is 0 Å². The van der Waals surface area contributed by atoms with Crippen molar-refractivity contribution in [3.05, 3.63) is 12.4 Å². The summed E-state index contributed by atoms with van der Waals surface area (Å²) >= 11 is 6.00. The van der Waals surface area contributed by atoms with Gasteiger partial charge in [0.1, 0.15) is 6.17 Å². The van der Waals surface area contributed by atoms with Crippen molar-refractivity contribution in [1.82, 2.24) is 9.32 Å².